The van der Waals surface area contributed by atoms with Crippen LogP contribution in [0.1, 0.15) is 29.2 Å². The predicted octanol–water partition coefficient (Wildman–Crippen LogP) is 2.30. The van der Waals surface area contributed by atoms with Crippen molar-refractivity contribution in [3.8, 4) is 5.75 Å². The Morgan fingerprint density at radius 3 is 2.41 bits per heavy atom. The van der Waals surface area contributed by atoms with Gasteiger partial charge in [-0.15, -0.1) is 0 Å². The van der Waals surface area contributed by atoms with Crippen molar-refractivity contribution in [3.05, 3.63) is 28.8 Å². The fraction of sp³-hybridized carbons (Fsp3) is 0.571. The van der Waals surface area contributed by atoms with Gasteiger partial charge < -0.3 is 14.7 Å². The van der Waals surface area contributed by atoms with Gasteiger partial charge in [0.05, 0.1) is 13.2 Å². The molecule has 3 heteroatoms. The molecule has 1 aromatic rings. The van der Waals surface area contributed by atoms with Crippen molar-refractivity contribution in [2.75, 3.05) is 27.7 Å². The first-order valence-electron chi connectivity index (χ1n) is 5.93. The SMILES string of the molecule is COc1cc(C)c(C(O)CCN(C)C)cc1C. The minimum absolute atomic E-state index is 0.401. The van der Waals surface area contributed by atoms with E-state index < -0.39 is 6.10 Å². The Morgan fingerprint density at radius 1 is 1.24 bits per heavy atom. The van der Waals surface area contributed by atoms with Gasteiger partial charge in [-0.05, 0) is 63.2 Å². The fourth-order valence-electron chi connectivity index (χ4n) is 1.93. The van der Waals surface area contributed by atoms with E-state index in [0.29, 0.717) is 0 Å². The van der Waals surface area contributed by atoms with Crippen molar-refractivity contribution in [3.63, 3.8) is 0 Å². The number of hydrogen-bond donors (Lipinski definition) is 1. The first kappa shape index (κ1) is 14.0. The highest BCUT2D eigenvalue weighted by molar-refractivity contribution is 5.42. The van der Waals surface area contributed by atoms with Gasteiger partial charge in [-0.2, -0.15) is 0 Å². The highest BCUT2D eigenvalue weighted by atomic mass is 16.5. The van der Waals surface area contributed by atoms with E-state index in [1.807, 2.05) is 40.1 Å². The number of hydrogen-bond acceptors (Lipinski definition) is 3. The third-order valence-electron chi connectivity index (χ3n) is 2.99. The van der Waals surface area contributed by atoms with E-state index in [1.165, 1.54) is 0 Å². The molecule has 17 heavy (non-hydrogen) atoms. The van der Waals surface area contributed by atoms with Crippen LogP contribution in [0.2, 0.25) is 0 Å². The molecule has 1 atom stereocenters. The molecule has 0 aliphatic heterocycles. The number of nitrogens with zero attached hydrogens (tertiary/aromatic N) is 1. The minimum Gasteiger partial charge on any atom is -0.496 e. The zero-order valence-electron chi connectivity index (χ0n) is 11.4. The van der Waals surface area contributed by atoms with Gasteiger partial charge in [-0.3, -0.25) is 0 Å². The second kappa shape index (κ2) is 6.03. The Hall–Kier alpha value is -1.06. The van der Waals surface area contributed by atoms with Gasteiger partial charge in [-0.25, -0.2) is 0 Å². The summed E-state index contributed by atoms with van der Waals surface area (Å²) < 4.78 is 5.27. The zero-order chi connectivity index (χ0) is 13.0. The lowest BCUT2D eigenvalue weighted by Crippen LogP contribution is -2.16. The molecular weight excluding hydrogens is 214 g/mol. The summed E-state index contributed by atoms with van der Waals surface area (Å²) in [5.74, 6) is 0.881. The normalized spacial score (nSPS) is 12.9. The average molecular weight is 237 g/mol. The number of methoxy groups -OCH3 is 1. The van der Waals surface area contributed by atoms with E-state index in [1.54, 1.807) is 7.11 Å². The predicted molar refractivity (Wildman–Crippen MR) is 70.6 cm³/mol. The molecule has 96 valence electrons. The van der Waals surface area contributed by atoms with Crippen molar-refractivity contribution in [2.24, 2.45) is 0 Å². The molecule has 0 spiro atoms. The van der Waals surface area contributed by atoms with Crippen molar-refractivity contribution < 1.29 is 9.84 Å². The van der Waals surface area contributed by atoms with E-state index in [2.05, 4.69) is 4.90 Å². The Labute approximate surface area is 104 Å². The molecule has 3 nitrogen and oxygen atoms in total. The lowest BCUT2D eigenvalue weighted by atomic mass is 9.98. The number of ether oxygens (including phenoxy) is 1. The molecule has 1 aromatic carbocycles. The molecule has 0 radical (unpaired) electrons. The topological polar surface area (TPSA) is 32.7 Å². The molecule has 0 aromatic heterocycles. The summed E-state index contributed by atoms with van der Waals surface area (Å²) in [4.78, 5) is 2.08. The van der Waals surface area contributed by atoms with Crippen LogP contribution < -0.4 is 4.74 Å². The smallest absolute Gasteiger partial charge is 0.122 e. The van der Waals surface area contributed by atoms with Crippen LogP contribution in [0.3, 0.4) is 0 Å². The molecular formula is C14H23NO2. The van der Waals surface area contributed by atoms with Crippen LogP contribution in [0.5, 0.6) is 5.75 Å². The summed E-state index contributed by atoms with van der Waals surface area (Å²) >= 11 is 0. The molecule has 0 saturated heterocycles. The maximum absolute atomic E-state index is 10.2. The minimum atomic E-state index is -0.401. The van der Waals surface area contributed by atoms with Crippen molar-refractivity contribution in [2.45, 2.75) is 26.4 Å². The highest BCUT2D eigenvalue weighted by Crippen LogP contribution is 2.28. The van der Waals surface area contributed by atoms with Crippen LogP contribution in [0.4, 0.5) is 0 Å². The summed E-state index contributed by atoms with van der Waals surface area (Å²) in [7, 11) is 5.70. The summed E-state index contributed by atoms with van der Waals surface area (Å²) in [6.45, 7) is 4.89. The van der Waals surface area contributed by atoms with Crippen LogP contribution in [-0.2, 0) is 0 Å². The van der Waals surface area contributed by atoms with Crippen molar-refractivity contribution in [1.29, 1.82) is 0 Å². The van der Waals surface area contributed by atoms with E-state index >= 15 is 0 Å². The van der Waals surface area contributed by atoms with Gasteiger partial charge in [0.1, 0.15) is 5.75 Å². The van der Waals surface area contributed by atoms with Crippen LogP contribution in [0, 0.1) is 13.8 Å². The second-order valence-electron chi connectivity index (χ2n) is 4.79. The third kappa shape index (κ3) is 3.72. The number of rotatable bonds is 5. The average Bonchev–Trinajstić information content (AvgIpc) is 2.28. The number of aliphatic hydroxyl groups excluding tert-OH is 1. The van der Waals surface area contributed by atoms with Gasteiger partial charge in [0, 0.05) is 6.54 Å². The molecule has 0 heterocycles. The first-order chi connectivity index (χ1) is 7.95. The molecule has 0 aliphatic rings. The lowest BCUT2D eigenvalue weighted by Gasteiger charge is -2.18. The van der Waals surface area contributed by atoms with Crippen LogP contribution in [0.15, 0.2) is 12.1 Å². The largest absolute Gasteiger partial charge is 0.496 e. The molecule has 0 amide bonds. The molecule has 0 fully saturated rings. The number of aliphatic hydroxyl groups is 1. The van der Waals surface area contributed by atoms with Crippen molar-refractivity contribution >= 4 is 0 Å². The quantitative estimate of drug-likeness (QED) is 0.853. The highest BCUT2D eigenvalue weighted by Gasteiger charge is 2.13. The molecule has 0 saturated carbocycles. The Balaban J connectivity index is 2.86. The monoisotopic (exact) mass is 237 g/mol. The third-order valence-corrected chi connectivity index (χ3v) is 2.99. The van der Waals surface area contributed by atoms with Crippen LogP contribution in [-0.4, -0.2) is 37.8 Å². The standard InChI is InChI=1S/C14H23NO2/c1-10-9-14(17-5)11(2)8-12(10)13(16)6-7-15(3)4/h8-9,13,16H,6-7H2,1-5H3. The fourth-order valence-corrected chi connectivity index (χ4v) is 1.93. The summed E-state index contributed by atoms with van der Waals surface area (Å²) in [5, 5.41) is 10.2. The maximum atomic E-state index is 10.2. The lowest BCUT2D eigenvalue weighted by molar-refractivity contribution is 0.153. The molecule has 1 rings (SSSR count). The summed E-state index contributed by atoms with van der Waals surface area (Å²) in [6.07, 6.45) is 0.349. The Kier molecular flexibility index (Phi) is 4.97. The number of benzene rings is 1. The maximum Gasteiger partial charge on any atom is 0.122 e. The van der Waals surface area contributed by atoms with Crippen molar-refractivity contribution in [1.82, 2.24) is 4.90 Å². The first-order valence-corrected chi connectivity index (χ1v) is 5.93. The van der Waals surface area contributed by atoms with E-state index in [4.69, 9.17) is 4.74 Å². The van der Waals surface area contributed by atoms with E-state index in [0.717, 1.165) is 35.4 Å². The number of aryl methyl sites for hydroxylation is 2. The van der Waals surface area contributed by atoms with E-state index in [-0.39, 0.29) is 0 Å². The summed E-state index contributed by atoms with van der Waals surface area (Å²) in [5.41, 5.74) is 3.15. The van der Waals surface area contributed by atoms with Crippen LogP contribution in [0.25, 0.3) is 0 Å². The molecule has 1 N–H and O–H groups in total. The Morgan fingerprint density at radius 2 is 1.88 bits per heavy atom. The zero-order valence-corrected chi connectivity index (χ0v) is 11.4. The van der Waals surface area contributed by atoms with E-state index in [9.17, 15) is 5.11 Å². The van der Waals surface area contributed by atoms with Crippen LogP contribution >= 0.6 is 0 Å². The van der Waals surface area contributed by atoms with Gasteiger partial charge in [0.15, 0.2) is 0 Å². The summed E-state index contributed by atoms with van der Waals surface area (Å²) in [6, 6.07) is 4.01. The van der Waals surface area contributed by atoms with Gasteiger partial charge >= 0.3 is 0 Å². The Bertz CT molecular complexity index is 375. The molecule has 0 bridgehead atoms. The van der Waals surface area contributed by atoms with Gasteiger partial charge in [-0.1, -0.05) is 0 Å². The molecule has 1 unspecified atom stereocenters. The van der Waals surface area contributed by atoms with Gasteiger partial charge in [0.2, 0.25) is 0 Å². The van der Waals surface area contributed by atoms with Gasteiger partial charge in [0.25, 0.3) is 0 Å². The second-order valence-corrected chi connectivity index (χ2v) is 4.79. The molecule has 0 aliphatic carbocycles.